The molecule has 49 heavy (non-hydrogen) atoms. The van der Waals surface area contributed by atoms with Crippen molar-refractivity contribution in [1.82, 2.24) is 29.8 Å². The molecule has 0 aliphatic carbocycles. The summed E-state index contributed by atoms with van der Waals surface area (Å²) in [6, 6.07) is 30.8. The number of rotatable bonds is 11. The summed E-state index contributed by atoms with van der Waals surface area (Å²) < 4.78 is 28.7. The Kier molecular flexibility index (Phi) is 10.3. The van der Waals surface area contributed by atoms with Gasteiger partial charge in [-0.1, -0.05) is 105 Å². The Morgan fingerprint density at radius 3 is 2.06 bits per heavy atom. The Balaban J connectivity index is 1.47. The van der Waals surface area contributed by atoms with E-state index in [0.29, 0.717) is 18.9 Å². The number of anilines is 1. The molecule has 2 amide bonds. The fourth-order valence-corrected chi connectivity index (χ4v) is 7.10. The fourth-order valence-electron chi connectivity index (χ4n) is 6.35. The molecule has 2 aliphatic heterocycles. The zero-order chi connectivity index (χ0) is 34.8. The molecular formula is C35H41ClN7O5P. The van der Waals surface area contributed by atoms with Gasteiger partial charge in [-0.3, -0.25) is 23.6 Å². The quantitative estimate of drug-likeness (QED) is 0.142. The molecule has 0 spiro atoms. The topological polar surface area (TPSA) is 130 Å². The first kappa shape index (κ1) is 34.8. The number of carbonyl (C=O) groups is 2. The molecule has 6 rings (SSSR count). The Hall–Kier alpha value is -4.03. The van der Waals surface area contributed by atoms with Crippen molar-refractivity contribution in [2.45, 2.75) is 38.0 Å². The van der Waals surface area contributed by atoms with Crippen LogP contribution in [0.25, 0.3) is 0 Å². The summed E-state index contributed by atoms with van der Waals surface area (Å²) in [5.74, 6) is -0.557. The second-order valence-electron chi connectivity index (χ2n) is 12.6. The van der Waals surface area contributed by atoms with Crippen LogP contribution in [-0.2, 0) is 24.2 Å². The van der Waals surface area contributed by atoms with Gasteiger partial charge < -0.3 is 25.2 Å². The van der Waals surface area contributed by atoms with Crippen LogP contribution in [0.5, 0.6) is 0 Å². The molecule has 4 atom stereocenters. The van der Waals surface area contributed by atoms with Crippen LogP contribution in [0.3, 0.4) is 0 Å². The van der Waals surface area contributed by atoms with E-state index in [4.69, 9.17) is 20.5 Å². The smallest absolute Gasteiger partial charge is 0.350 e. The molecule has 0 radical (unpaired) electrons. The summed E-state index contributed by atoms with van der Waals surface area (Å²) in [5, 5.41) is 8.80. The van der Waals surface area contributed by atoms with Crippen molar-refractivity contribution in [3.8, 4) is 0 Å². The van der Waals surface area contributed by atoms with Crippen molar-refractivity contribution in [3.63, 3.8) is 0 Å². The van der Waals surface area contributed by atoms with E-state index < -0.39 is 36.9 Å². The predicted molar refractivity (Wildman–Crippen MR) is 188 cm³/mol. The SMILES string of the molecule is CC(C)C(=O)NC1NC(=O)c2ncn(C3CN(C(c4ccccc4)(c4ccccc4)c4ccccc4)CC(COP(=O)(Cl)N(C)C)O3)c2N1. The Bertz CT molecular complexity index is 1710. The van der Waals surface area contributed by atoms with Gasteiger partial charge in [0.1, 0.15) is 12.0 Å². The Labute approximate surface area is 291 Å². The maximum atomic E-state index is 13.2. The summed E-state index contributed by atoms with van der Waals surface area (Å²) in [4.78, 5) is 32.5. The van der Waals surface area contributed by atoms with E-state index in [1.165, 1.54) is 4.67 Å². The van der Waals surface area contributed by atoms with E-state index in [9.17, 15) is 14.2 Å². The van der Waals surface area contributed by atoms with Gasteiger partial charge in [-0.05, 0) is 42.0 Å². The molecule has 1 saturated heterocycles. The number of nitrogens with zero attached hydrogens (tertiary/aromatic N) is 4. The number of halogens is 1. The van der Waals surface area contributed by atoms with Crippen LogP contribution in [-0.4, -0.2) is 77.1 Å². The summed E-state index contributed by atoms with van der Waals surface area (Å²) in [6.45, 7) is 0.574. The highest BCUT2D eigenvalue weighted by Crippen LogP contribution is 2.54. The highest BCUT2D eigenvalue weighted by Gasteiger charge is 2.47. The van der Waals surface area contributed by atoms with Crippen LogP contribution in [0.2, 0.25) is 0 Å². The molecule has 1 aromatic heterocycles. The molecule has 0 bridgehead atoms. The number of ether oxygens (including phenoxy) is 1. The summed E-state index contributed by atoms with van der Waals surface area (Å²) >= 11 is 6.32. The maximum absolute atomic E-state index is 13.2. The van der Waals surface area contributed by atoms with Gasteiger partial charge in [-0.15, -0.1) is 0 Å². The van der Waals surface area contributed by atoms with Crippen LogP contribution < -0.4 is 16.0 Å². The van der Waals surface area contributed by atoms with Gasteiger partial charge in [0.25, 0.3) is 5.91 Å². The highest BCUT2D eigenvalue weighted by atomic mass is 35.7. The summed E-state index contributed by atoms with van der Waals surface area (Å²) in [7, 11) is 3.19. The van der Waals surface area contributed by atoms with E-state index in [1.807, 2.05) is 54.6 Å². The van der Waals surface area contributed by atoms with Gasteiger partial charge in [0, 0.05) is 19.0 Å². The van der Waals surface area contributed by atoms with Crippen LogP contribution in [0.15, 0.2) is 97.3 Å². The van der Waals surface area contributed by atoms with E-state index in [0.717, 1.165) is 16.7 Å². The second-order valence-corrected chi connectivity index (χ2v) is 15.8. The summed E-state index contributed by atoms with van der Waals surface area (Å²) in [6.07, 6.45) is -0.628. The van der Waals surface area contributed by atoms with Crippen molar-refractivity contribution in [3.05, 3.63) is 120 Å². The molecular weight excluding hydrogens is 665 g/mol. The number of morpholine rings is 1. The number of hydrogen-bond acceptors (Lipinski definition) is 8. The van der Waals surface area contributed by atoms with Crippen molar-refractivity contribution in [1.29, 1.82) is 0 Å². The number of amides is 2. The van der Waals surface area contributed by atoms with Crippen LogP contribution in [0.4, 0.5) is 5.82 Å². The molecule has 4 aromatic rings. The van der Waals surface area contributed by atoms with Crippen LogP contribution in [0.1, 0.15) is 47.3 Å². The van der Waals surface area contributed by atoms with Crippen LogP contribution >= 0.6 is 18.1 Å². The standard InChI is InChI=1S/C35H41ClN7O5P/c1-24(2)32(44)39-34-38-31-30(33(45)40-34)37-23-43(31)29-21-42(20-28(48-29)22-47-49(36,46)41(3)4)35(25-14-8-5-9-15-25,26-16-10-6-11-17-26)27-18-12-7-13-19-27/h5-19,23-24,28-29,34,38H,20-22H2,1-4H3,(H,39,44)(H,40,45). The van der Waals surface area contributed by atoms with Gasteiger partial charge in [0.2, 0.25) is 5.91 Å². The van der Waals surface area contributed by atoms with E-state index in [2.05, 4.69) is 62.2 Å². The van der Waals surface area contributed by atoms with E-state index in [-0.39, 0.29) is 24.1 Å². The maximum Gasteiger partial charge on any atom is 0.362 e. The molecule has 3 aromatic carbocycles. The average Bonchev–Trinajstić information content (AvgIpc) is 3.54. The first-order valence-electron chi connectivity index (χ1n) is 16.1. The lowest BCUT2D eigenvalue weighted by Crippen LogP contribution is -2.58. The third-order valence-electron chi connectivity index (χ3n) is 8.78. The minimum Gasteiger partial charge on any atom is -0.350 e. The molecule has 2 aliphatic rings. The molecule has 12 nitrogen and oxygen atoms in total. The number of aromatic nitrogens is 2. The minimum absolute atomic E-state index is 0.0712. The zero-order valence-corrected chi connectivity index (χ0v) is 29.5. The monoisotopic (exact) mass is 705 g/mol. The molecule has 0 saturated carbocycles. The van der Waals surface area contributed by atoms with Crippen molar-refractivity contribution >= 4 is 35.7 Å². The molecule has 258 valence electrons. The first-order chi connectivity index (χ1) is 23.5. The molecule has 3 heterocycles. The number of fused-ring (bicyclic) bond motifs is 1. The third kappa shape index (κ3) is 7.03. The highest BCUT2D eigenvalue weighted by molar-refractivity contribution is 7.83. The summed E-state index contributed by atoms with van der Waals surface area (Å²) in [5.41, 5.74) is 2.46. The van der Waals surface area contributed by atoms with Crippen LogP contribution in [0, 0.1) is 5.92 Å². The Morgan fingerprint density at radius 1 is 1.00 bits per heavy atom. The van der Waals surface area contributed by atoms with Crippen molar-refractivity contribution < 1.29 is 23.4 Å². The number of hydrogen-bond donors (Lipinski definition) is 3. The lowest BCUT2D eigenvalue weighted by Gasteiger charge is -2.50. The number of nitrogens with one attached hydrogen (secondary N) is 3. The van der Waals surface area contributed by atoms with Gasteiger partial charge >= 0.3 is 6.87 Å². The van der Waals surface area contributed by atoms with E-state index >= 15 is 0 Å². The lowest BCUT2D eigenvalue weighted by atomic mass is 9.75. The number of imidazole rings is 1. The number of benzene rings is 3. The molecule has 14 heteroatoms. The van der Waals surface area contributed by atoms with Gasteiger partial charge in [-0.25, -0.2) is 9.65 Å². The van der Waals surface area contributed by atoms with Gasteiger partial charge in [0.15, 0.2) is 12.0 Å². The first-order valence-corrected chi connectivity index (χ1v) is 18.6. The van der Waals surface area contributed by atoms with Crippen molar-refractivity contribution in [2.75, 3.05) is 39.1 Å². The minimum atomic E-state index is -3.62. The fraction of sp³-hybridized carbons (Fsp3) is 0.343. The van der Waals surface area contributed by atoms with Gasteiger partial charge in [-0.2, -0.15) is 0 Å². The average molecular weight is 706 g/mol. The van der Waals surface area contributed by atoms with E-state index in [1.54, 1.807) is 38.8 Å². The van der Waals surface area contributed by atoms with Gasteiger partial charge in [0.05, 0.1) is 24.6 Å². The molecule has 3 N–H and O–H groups in total. The van der Waals surface area contributed by atoms with Crippen molar-refractivity contribution in [2.24, 2.45) is 5.92 Å². The Morgan fingerprint density at radius 2 is 1.55 bits per heavy atom. The normalized spacial score (nSPS) is 21.0. The number of carbonyl (C=O) groups excluding carboxylic acids is 2. The lowest BCUT2D eigenvalue weighted by molar-refractivity contribution is -0.146. The molecule has 1 fully saturated rings. The molecule has 4 unspecified atom stereocenters. The second kappa shape index (κ2) is 14.4. The zero-order valence-electron chi connectivity index (χ0n) is 27.8. The largest absolute Gasteiger partial charge is 0.362 e. The third-order valence-corrected chi connectivity index (χ3v) is 11.4. The predicted octanol–water partition coefficient (Wildman–Crippen LogP) is 5.21.